The second-order valence-electron chi connectivity index (χ2n) is 2.80. The van der Waals surface area contributed by atoms with Crippen LogP contribution in [0.4, 0.5) is 4.39 Å². The van der Waals surface area contributed by atoms with Gasteiger partial charge in [0, 0.05) is 5.92 Å². The van der Waals surface area contributed by atoms with Crippen molar-refractivity contribution in [3.05, 3.63) is 0 Å². The third kappa shape index (κ3) is 1.65. The molecule has 0 radical (unpaired) electrons. The molecule has 2 heteroatoms. The lowest BCUT2D eigenvalue weighted by atomic mass is 9.88. The normalized spacial score (nSPS) is 36.7. The van der Waals surface area contributed by atoms with Crippen molar-refractivity contribution >= 4 is 0 Å². The van der Waals surface area contributed by atoms with E-state index < -0.39 is 6.17 Å². The topological polar surface area (TPSA) is 26.0 Å². The van der Waals surface area contributed by atoms with E-state index in [9.17, 15) is 4.39 Å². The summed E-state index contributed by atoms with van der Waals surface area (Å²) in [6, 6.07) is 0. The number of rotatable bonds is 1. The zero-order valence-corrected chi connectivity index (χ0v) is 5.65. The van der Waals surface area contributed by atoms with Gasteiger partial charge in [0.2, 0.25) is 0 Å². The Morgan fingerprint density at radius 3 is 2.44 bits per heavy atom. The van der Waals surface area contributed by atoms with Crippen LogP contribution in [0.2, 0.25) is 0 Å². The van der Waals surface area contributed by atoms with Crippen molar-refractivity contribution in [3.63, 3.8) is 0 Å². The van der Waals surface area contributed by atoms with E-state index in [0.717, 1.165) is 19.3 Å². The molecule has 9 heavy (non-hydrogen) atoms. The lowest BCUT2D eigenvalue weighted by Crippen LogP contribution is -2.27. The quantitative estimate of drug-likeness (QED) is 0.573. The summed E-state index contributed by atoms with van der Waals surface area (Å²) in [7, 11) is 0. The molecule has 1 aliphatic carbocycles. The predicted molar refractivity (Wildman–Crippen MR) is 35.9 cm³/mol. The van der Waals surface area contributed by atoms with Crippen LogP contribution in [-0.2, 0) is 0 Å². The highest BCUT2D eigenvalue weighted by Crippen LogP contribution is 2.25. The van der Waals surface area contributed by atoms with Gasteiger partial charge in [-0.1, -0.05) is 12.8 Å². The number of nitrogens with two attached hydrogens (primary N) is 1. The average molecular weight is 131 g/mol. The van der Waals surface area contributed by atoms with Gasteiger partial charge in [-0.2, -0.15) is 0 Å². The molecule has 54 valence electrons. The smallest absolute Gasteiger partial charge is 0.104 e. The van der Waals surface area contributed by atoms with Crippen molar-refractivity contribution in [3.8, 4) is 0 Å². The maximum Gasteiger partial charge on any atom is 0.104 e. The van der Waals surface area contributed by atoms with Crippen LogP contribution in [0.3, 0.4) is 0 Å². The maximum absolute atomic E-state index is 12.8. The molecule has 0 spiro atoms. The van der Waals surface area contributed by atoms with Gasteiger partial charge >= 0.3 is 0 Å². The Bertz CT molecular complexity index is 85.0. The van der Waals surface area contributed by atoms with E-state index in [-0.39, 0.29) is 5.92 Å². The molecule has 0 unspecified atom stereocenters. The van der Waals surface area contributed by atoms with Crippen LogP contribution in [0.1, 0.15) is 25.7 Å². The molecule has 1 aliphatic rings. The van der Waals surface area contributed by atoms with Crippen LogP contribution < -0.4 is 5.73 Å². The third-order valence-electron chi connectivity index (χ3n) is 2.12. The first-order valence-corrected chi connectivity index (χ1v) is 3.68. The zero-order valence-electron chi connectivity index (χ0n) is 5.65. The highest BCUT2D eigenvalue weighted by atomic mass is 19.1. The molecule has 1 saturated carbocycles. The van der Waals surface area contributed by atoms with E-state index in [0.29, 0.717) is 6.54 Å². The van der Waals surface area contributed by atoms with Crippen LogP contribution in [0, 0.1) is 5.92 Å². The van der Waals surface area contributed by atoms with Gasteiger partial charge in [0.05, 0.1) is 0 Å². The Kier molecular flexibility index (Phi) is 2.46. The summed E-state index contributed by atoms with van der Waals surface area (Å²) in [5.74, 6) is 0.166. The first-order chi connectivity index (χ1) is 4.34. The fourth-order valence-electron chi connectivity index (χ4n) is 1.43. The number of hydrogen-bond acceptors (Lipinski definition) is 1. The van der Waals surface area contributed by atoms with Gasteiger partial charge in [0.15, 0.2) is 0 Å². The Morgan fingerprint density at radius 2 is 2.00 bits per heavy atom. The second kappa shape index (κ2) is 3.16. The highest BCUT2D eigenvalue weighted by molar-refractivity contribution is 4.74. The number of hydrogen-bond donors (Lipinski definition) is 1. The first-order valence-electron chi connectivity index (χ1n) is 3.68. The first kappa shape index (κ1) is 7.00. The number of alkyl halides is 1. The summed E-state index contributed by atoms with van der Waals surface area (Å²) < 4.78 is 12.8. The number of halogens is 1. The van der Waals surface area contributed by atoms with Gasteiger partial charge in [0.1, 0.15) is 6.17 Å². The van der Waals surface area contributed by atoms with Gasteiger partial charge in [-0.25, -0.2) is 4.39 Å². The van der Waals surface area contributed by atoms with Crippen molar-refractivity contribution in [1.29, 1.82) is 0 Å². The van der Waals surface area contributed by atoms with E-state index in [1.807, 2.05) is 0 Å². The molecule has 0 aromatic rings. The van der Waals surface area contributed by atoms with E-state index >= 15 is 0 Å². The summed E-state index contributed by atoms with van der Waals surface area (Å²) in [6.45, 7) is 0.529. The molecular formula is C7H14FN. The van der Waals surface area contributed by atoms with Crippen molar-refractivity contribution in [1.82, 2.24) is 0 Å². The lowest BCUT2D eigenvalue weighted by Gasteiger charge is -2.23. The standard InChI is InChI=1S/C7H14FN/c8-7-4-2-1-3-6(7)5-9/h6-7H,1-5,9H2/t6-,7-/m1/s1. The molecule has 0 aromatic heterocycles. The lowest BCUT2D eigenvalue weighted by molar-refractivity contribution is 0.171. The van der Waals surface area contributed by atoms with Crippen LogP contribution in [-0.4, -0.2) is 12.7 Å². The summed E-state index contributed by atoms with van der Waals surface area (Å²) in [5.41, 5.74) is 5.35. The minimum absolute atomic E-state index is 0.166. The van der Waals surface area contributed by atoms with Crippen molar-refractivity contribution in [2.75, 3.05) is 6.54 Å². The molecule has 1 rings (SSSR count). The molecule has 0 heterocycles. The molecule has 2 atom stereocenters. The molecule has 0 bridgehead atoms. The molecular weight excluding hydrogens is 117 g/mol. The van der Waals surface area contributed by atoms with E-state index in [2.05, 4.69) is 0 Å². The molecule has 0 aromatic carbocycles. The Morgan fingerprint density at radius 1 is 1.33 bits per heavy atom. The van der Waals surface area contributed by atoms with Crippen LogP contribution in [0.5, 0.6) is 0 Å². The third-order valence-corrected chi connectivity index (χ3v) is 2.12. The van der Waals surface area contributed by atoms with E-state index in [1.165, 1.54) is 6.42 Å². The second-order valence-corrected chi connectivity index (χ2v) is 2.80. The summed E-state index contributed by atoms with van der Waals surface area (Å²) in [4.78, 5) is 0. The Balaban J connectivity index is 2.30. The molecule has 0 saturated heterocycles. The minimum atomic E-state index is -0.608. The molecule has 1 fully saturated rings. The van der Waals surface area contributed by atoms with Gasteiger partial charge in [-0.05, 0) is 19.4 Å². The minimum Gasteiger partial charge on any atom is -0.330 e. The molecule has 0 amide bonds. The maximum atomic E-state index is 12.8. The van der Waals surface area contributed by atoms with E-state index in [1.54, 1.807) is 0 Å². The van der Waals surface area contributed by atoms with Crippen LogP contribution in [0.15, 0.2) is 0 Å². The summed E-state index contributed by atoms with van der Waals surface area (Å²) >= 11 is 0. The average Bonchev–Trinajstić information content (AvgIpc) is 1.89. The Hall–Kier alpha value is -0.110. The zero-order chi connectivity index (χ0) is 6.69. The van der Waals surface area contributed by atoms with Crippen LogP contribution >= 0.6 is 0 Å². The van der Waals surface area contributed by atoms with E-state index in [4.69, 9.17) is 5.73 Å². The monoisotopic (exact) mass is 131 g/mol. The fourth-order valence-corrected chi connectivity index (χ4v) is 1.43. The van der Waals surface area contributed by atoms with Crippen LogP contribution in [0.25, 0.3) is 0 Å². The van der Waals surface area contributed by atoms with Gasteiger partial charge in [-0.3, -0.25) is 0 Å². The molecule has 0 aliphatic heterocycles. The Labute approximate surface area is 55.4 Å². The fraction of sp³-hybridized carbons (Fsp3) is 1.00. The van der Waals surface area contributed by atoms with Crippen molar-refractivity contribution in [2.24, 2.45) is 11.7 Å². The summed E-state index contributed by atoms with van der Waals surface area (Å²) in [6.07, 6.45) is 3.35. The SMILES string of the molecule is NC[C@H]1CCCC[C@H]1F. The van der Waals surface area contributed by atoms with Crippen molar-refractivity contribution < 1.29 is 4.39 Å². The van der Waals surface area contributed by atoms with Gasteiger partial charge in [0.25, 0.3) is 0 Å². The predicted octanol–water partition coefficient (Wildman–Crippen LogP) is 1.47. The van der Waals surface area contributed by atoms with Gasteiger partial charge in [-0.15, -0.1) is 0 Å². The largest absolute Gasteiger partial charge is 0.330 e. The highest BCUT2D eigenvalue weighted by Gasteiger charge is 2.22. The van der Waals surface area contributed by atoms with Gasteiger partial charge < -0.3 is 5.73 Å². The molecule has 1 nitrogen and oxygen atoms in total. The summed E-state index contributed by atoms with van der Waals surface area (Å²) in [5, 5.41) is 0. The van der Waals surface area contributed by atoms with Crippen molar-refractivity contribution in [2.45, 2.75) is 31.9 Å². The molecule has 2 N–H and O–H groups in total.